The fourth-order valence-corrected chi connectivity index (χ4v) is 3.96. The van der Waals surface area contributed by atoms with Crippen LogP contribution in [0.5, 0.6) is 11.6 Å². The molecule has 0 aliphatic carbocycles. The SMILES string of the molecule is COc1ccc(C2C(Cl)C(=O)N2NC(=O)COc2cc(C)c3cc(F)c(Cl)cc3n2)cc1. The number of benzene rings is 2. The monoisotopic (exact) mass is 477 g/mol. The minimum Gasteiger partial charge on any atom is -0.497 e. The zero-order chi connectivity index (χ0) is 23.0. The standard InChI is InChI=1S/C22H18Cl2FN3O4/c1-11-7-19(26-17-9-15(23)16(25)8-14(11)17)32-10-18(29)27-28-21(20(24)22(28)30)12-3-5-13(31-2)6-4-12/h3-9,20-21H,10H2,1-2H3,(H,27,29). The second-order valence-corrected chi connectivity index (χ2v) is 8.09. The number of β-lactam (4-membered cyclic amide) rings is 1. The zero-order valence-electron chi connectivity index (χ0n) is 17.1. The van der Waals surface area contributed by atoms with Crippen LogP contribution in [0.1, 0.15) is 17.2 Å². The highest BCUT2D eigenvalue weighted by Gasteiger charge is 2.48. The summed E-state index contributed by atoms with van der Waals surface area (Å²) in [4.78, 5) is 28.9. The van der Waals surface area contributed by atoms with Crippen LogP contribution in [0.4, 0.5) is 4.39 Å². The summed E-state index contributed by atoms with van der Waals surface area (Å²) in [5.41, 5.74) is 4.42. The lowest BCUT2D eigenvalue weighted by Crippen LogP contribution is -2.63. The third-order valence-electron chi connectivity index (χ3n) is 5.12. The molecule has 166 valence electrons. The van der Waals surface area contributed by atoms with E-state index in [-0.39, 0.29) is 17.5 Å². The van der Waals surface area contributed by atoms with Crippen LogP contribution in [0.2, 0.25) is 5.02 Å². The number of nitrogens with zero attached hydrogens (tertiary/aromatic N) is 2. The number of carbonyl (C=O) groups is 2. The van der Waals surface area contributed by atoms with Gasteiger partial charge in [-0.05, 0) is 42.3 Å². The number of methoxy groups -OCH3 is 1. The van der Waals surface area contributed by atoms with Crippen LogP contribution in [0.25, 0.3) is 10.9 Å². The molecule has 1 saturated heterocycles. The smallest absolute Gasteiger partial charge is 0.276 e. The van der Waals surface area contributed by atoms with Crippen molar-refractivity contribution < 1.29 is 23.5 Å². The van der Waals surface area contributed by atoms with Crippen molar-refractivity contribution >= 4 is 45.9 Å². The van der Waals surface area contributed by atoms with Gasteiger partial charge in [0.05, 0.1) is 17.6 Å². The molecule has 1 fully saturated rings. The first-order valence-corrected chi connectivity index (χ1v) is 10.4. The number of fused-ring (bicyclic) bond motifs is 1. The van der Waals surface area contributed by atoms with Crippen LogP contribution < -0.4 is 14.9 Å². The first-order valence-electron chi connectivity index (χ1n) is 9.58. The maximum atomic E-state index is 13.7. The fourth-order valence-electron chi connectivity index (χ4n) is 3.44. The minimum atomic E-state index is -0.792. The van der Waals surface area contributed by atoms with Gasteiger partial charge in [-0.2, -0.15) is 0 Å². The topological polar surface area (TPSA) is 80.8 Å². The molecule has 3 aromatic rings. The van der Waals surface area contributed by atoms with Crippen LogP contribution in [0.3, 0.4) is 0 Å². The van der Waals surface area contributed by atoms with Crippen LogP contribution in [-0.2, 0) is 9.59 Å². The quantitative estimate of drug-likeness (QED) is 0.429. The number of aromatic nitrogens is 1. The molecular formula is C22H18Cl2FN3O4. The van der Waals surface area contributed by atoms with E-state index in [0.717, 1.165) is 5.56 Å². The summed E-state index contributed by atoms with van der Waals surface area (Å²) >= 11 is 12.0. The normalized spacial score (nSPS) is 17.8. The summed E-state index contributed by atoms with van der Waals surface area (Å²) < 4.78 is 24.3. The van der Waals surface area contributed by atoms with Gasteiger partial charge < -0.3 is 9.47 Å². The number of carbonyl (C=O) groups excluding carboxylic acids is 2. The van der Waals surface area contributed by atoms with Crippen molar-refractivity contribution in [2.45, 2.75) is 18.3 Å². The highest BCUT2D eigenvalue weighted by atomic mass is 35.5. The number of halogens is 3. The van der Waals surface area contributed by atoms with E-state index < -0.39 is 29.1 Å². The molecule has 1 aliphatic heterocycles. The molecule has 2 heterocycles. The van der Waals surface area contributed by atoms with Gasteiger partial charge >= 0.3 is 0 Å². The molecule has 4 rings (SSSR count). The largest absolute Gasteiger partial charge is 0.497 e. The Morgan fingerprint density at radius 3 is 2.66 bits per heavy atom. The van der Waals surface area contributed by atoms with Gasteiger partial charge in [0.15, 0.2) is 6.61 Å². The predicted molar refractivity (Wildman–Crippen MR) is 117 cm³/mol. The van der Waals surface area contributed by atoms with Crippen molar-refractivity contribution in [1.82, 2.24) is 15.4 Å². The number of alkyl halides is 1. The molecule has 2 atom stereocenters. The third kappa shape index (κ3) is 4.16. The van der Waals surface area contributed by atoms with E-state index >= 15 is 0 Å². The molecule has 1 aliphatic rings. The number of hydrazine groups is 1. The number of pyridine rings is 1. The van der Waals surface area contributed by atoms with Crippen LogP contribution in [-0.4, -0.2) is 40.9 Å². The second kappa shape index (κ2) is 8.80. The number of hydrogen-bond donors (Lipinski definition) is 1. The second-order valence-electron chi connectivity index (χ2n) is 7.21. The van der Waals surface area contributed by atoms with Crippen LogP contribution in [0, 0.1) is 12.7 Å². The maximum Gasteiger partial charge on any atom is 0.276 e. The first-order chi connectivity index (χ1) is 15.3. The highest BCUT2D eigenvalue weighted by molar-refractivity contribution is 6.33. The summed E-state index contributed by atoms with van der Waals surface area (Å²) in [6.45, 7) is 1.38. The van der Waals surface area contributed by atoms with E-state index in [9.17, 15) is 14.0 Å². The van der Waals surface area contributed by atoms with Crippen LogP contribution >= 0.6 is 23.2 Å². The lowest BCUT2D eigenvalue weighted by molar-refractivity contribution is -0.157. The summed E-state index contributed by atoms with van der Waals surface area (Å²) in [5, 5.41) is 0.910. The molecule has 2 amide bonds. The molecule has 7 nitrogen and oxygen atoms in total. The number of nitrogens with one attached hydrogen (secondary N) is 1. The number of rotatable bonds is 6. The van der Waals surface area contributed by atoms with E-state index in [2.05, 4.69) is 10.4 Å². The molecule has 1 N–H and O–H groups in total. The number of aryl methyl sites for hydroxylation is 1. The minimum absolute atomic E-state index is 0.0595. The highest BCUT2D eigenvalue weighted by Crippen LogP contribution is 2.37. The molecule has 10 heteroatoms. The molecule has 0 radical (unpaired) electrons. The van der Waals surface area contributed by atoms with Gasteiger partial charge in [-0.1, -0.05) is 23.7 Å². The summed E-state index contributed by atoms with van der Waals surface area (Å²) in [6.07, 6.45) is 0. The van der Waals surface area contributed by atoms with Crippen molar-refractivity contribution in [2.75, 3.05) is 13.7 Å². The molecule has 1 aromatic heterocycles. The fraction of sp³-hybridized carbons (Fsp3) is 0.227. The van der Waals surface area contributed by atoms with Gasteiger partial charge in [-0.3, -0.25) is 15.0 Å². The van der Waals surface area contributed by atoms with E-state index in [1.165, 1.54) is 17.1 Å². The Morgan fingerprint density at radius 2 is 1.97 bits per heavy atom. The Balaban J connectivity index is 1.43. The van der Waals surface area contributed by atoms with Gasteiger partial charge in [0.1, 0.15) is 23.0 Å². The summed E-state index contributed by atoms with van der Waals surface area (Å²) in [5.74, 6) is -0.684. The Morgan fingerprint density at radius 1 is 1.25 bits per heavy atom. The number of hydrogen-bond acceptors (Lipinski definition) is 5. The van der Waals surface area contributed by atoms with Crippen molar-refractivity contribution in [3.8, 4) is 11.6 Å². The Labute approximate surface area is 193 Å². The van der Waals surface area contributed by atoms with Crippen molar-refractivity contribution in [3.63, 3.8) is 0 Å². The number of amides is 2. The van der Waals surface area contributed by atoms with Crippen molar-refractivity contribution in [1.29, 1.82) is 0 Å². The molecule has 0 spiro atoms. The van der Waals surface area contributed by atoms with E-state index in [0.29, 0.717) is 22.2 Å². The Hall–Kier alpha value is -3.10. The van der Waals surface area contributed by atoms with Gasteiger partial charge in [0.2, 0.25) is 5.88 Å². The van der Waals surface area contributed by atoms with Gasteiger partial charge in [-0.25, -0.2) is 14.4 Å². The molecular weight excluding hydrogens is 460 g/mol. The van der Waals surface area contributed by atoms with E-state index in [1.54, 1.807) is 44.4 Å². The average Bonchev–Trinajstić information content (AvgIpc) is 2.78. The lowest BCUT2D eigenvalue weighted by atomic mass is 9.95. The van der Waals surface area contributed by atoms with Gasteiger partial charge in [0, 0.05) is 11.5 Å². The third-order valence-corrected chi connectivity index (χ3v) is 5.83. The van der Waals surface area contributed by atoms with E-state index in [4.69, 9.17) is 32.7 Å². The predicted octanol–water partition coefficient (Wildman–Crippen LogP) is 3.95. The Bertz CT molecular complexity index is 1210. The van der Waals surface area contributed by atoms with Crippen molar-refractivity contribution in [3.05, 3.63) is 64.4 Å². The zero-order valence-corrected chi connectivity index (χ0v) is 18.6. The maximum absolute atomic E-state index is 13.7. The molecule has 0 bridgehead atoms. The van der Waals surface area contributed by atoms with Crippen molar-refractivity contribution in [2.24, 2.45) is 0 Å². The van der Waals surface area contributed by atoms with E-state index in [1.807, 2.05) is 0 Å². The average molecular weight is 478 g/mol. The first kappa shape index (κ1) is 22.1. The van der Waals surface area contributed by atoms with Gasteiger partial charge in [-0.15, -0.1) is 11.6 Å². The molecule has 2 unspecified atom stereocenters. The van der Waals surface area contributed by atoms with Gasteiger partial charge in [0.25, 0.3) is 11.8 Å². The molecule has 2 aromatic carbocycles. The van der Waals surface area contributed by atoms with Crippen LogP contribution in [0.15, 0.2) is 42.5 Å². The summed E-state index contributed by atoms with van der Waals surface area (Å²) in [7, 11) is 1.55. The molecule has 0 saturated carbocycles. The Kier molecular flexibility index (Phi) is 6.08. The summed E-state index contributed by atoms with van der Waals surface area (Å²) in [6, 6.07) is 10.8. The number of ether oxygens (including phenoxy) is 2. The molecule has 32 heavy (non-hydrogen) atoms. The lowest BCUT2D eigenvalue weighted by Gasteiger charge is -2.43.